The Morgan fingerprint density at radius 3 is 2.00 bits per heavy atom. The summed E-state index contributed by atoms with van der Waals surface area (Å²) in [6.07, 6.45) is 2.82. The number of piperazine rings is 1. The van der Waals surface area contributed by atoms with E-state index in [1.807, 2.05) is 47.9 Å². The van der Waals surface area contributed by atoms with Crippen LogP contribution in [0.15, 0.2) is 18.3 Å². The number of rotatable bonds is 2. The minimum Gasteiger partial charge on any atom is -0.387 e. The first-order valence-corrected chi connectivity index (χ1v) is 8.39. The molecule has 1 aromatic rings. The van der Waals surface area contributed by atoms with Crippen molar-refractivity contribution in [1.29, 1.82) is 0 Å². The molecule has 1 aromatic heterocycles. The number of hydrogen-bond acceptors (Lipinski definition) is 5. The molecule has 2 heterocycles. The number of carbonyl (C=O) groups is 1. The average Bonchev–Trinajstić information content (AvgIpc) is 2.57. The molecule has 0 saturated carbocycles. The number of aldehydes is 1. The largest absolute Gasteiger partial charge is 0.387 e. The van der Waals surface area contributed by atoms with E-state index in [0.29, 0.717) is 0 Å². The first-order chi connectivity index (χ1) is 10.9. The molecule has 0 spiro atoms. The van der Waals surface area contributed by atoms with E-state index in [4.69, 9.17) is 0 Å². The minimum atomic E-state index is -0.139. The summed E-state index contributed by atoms with van der Waals surface area (Å²) in [5.41, 5.74) is 0.924. The van der Waals surface area contributed by atoms with Gasteiger partial charge in [-0.1, -0.05) is 34.6 Å². The second-order valence-corrected chi connectivity index (χ2v) is 6.43. The van der Waals surface area contributed by atoms with Crippen molar-refractivity contribution < 1.29 is 4.79 Å². The molecular formula is C18H34N4O. The fourth-order valence-corrected chi connectivity index (χ4v) is 1.76. The van der Waals surface area contributed by atoms with Crippen molar-refractivity contribution in [2.24, 2.45) is 5.41 Å². The number of hydrogen-bond donors (Lipinski definition) is 1. The zero-order chi connectivity index (χ0) is 17.9. The van der Waals surface area contributed by atoms with Gasteiger partial charge in [0.1, 0.15) is 12.1 Å². The van der Waals surface area contributed by atoms with E-state index in [9.17, 15) is 4.79 Å². The fourth-order valence-electron chi connectivity index (χ4n) is 1.76. The number of nitrogens with one attached hydrogen (secondary N) is 1. The molecule has 0 atom stereocenters. The lowest BCUT2D eigenvalue weighted by Gasteiger charge is -2.33. The second kappa shape index (κ2) is 11.0. The van der Waals surface area contributed by atoms with Gasteiger partial charge in [0, 0.05) is 38.6 Å². The molecule has 0 amide bonds. The maximum atomic E-state index is 9.83. The molecule has 132 valence electrons. The Balaban J connectivity index is 0.000000515. The SMILES string of the molecule is CC.CC(C)(C)C=O.CNc1ccc(N2CCN(C)CC2)nc1. The van der Waals surface area contributed by atoms with E-state index >= 15 is 0 Å². The van der Waals surface area contributed by atoms with Crippen molar-refractivity contribution in [3.05, 3.63) is 18.3 Å². The van der Waals surface area contributed by atoms with Crippen molar-refractivity contribution in [3.8, 4) is 0 Å². The van der Waals surface area contributed by atoms with Gasteiger partial charge in [-0.2, -0.15) is 0 Å². The van der Waals surface area contributed by atoms with Crippen LogP contribution in [0.2, 0.25) is 0 Å². The third-order valence-corrected chi connectivity index (χ3v) is 3.22. The van der Waals surface area contributed by atoms with Crippen LogP contribution in [-0.4, -0.2) is 56.4 Å². The Kier molecular flexibility index (Phi) is 10.2. The van der Waals surface area contributed by atoms with Gasteiger partial charge in [-0.3, -0.25) is 0 Å². The summed E-state index contributed by atoms with van der Waals surface area (Å²) in [7, 11) is 4.07. The molecule has 1 aliphatic rings. The van der Waals surface area contributed by atoms with Gasteiger partial charge in [0.25, 0.3) is 0 Å². The van der Waals surface area contributed by atoms with Crippen LogP contribution in [0, 0.1) is 5.41 Å². The van der Waals surface area contributed by atoms with Crippen LogP contribution in [0.3, 0.4) is 0 Å². The number of anilines is 2. The first kappa shape index (κ1) is 21.4. The molecule has 0 radical (unpaired) electrons. The summed E-state index contributed by atoms with van der Waals surface area (Å²) < 4.78 is 0. The van der Waals surface area contributed by atoms with Gasteiger partial charge in [0.05, 0.1) is 11.9 Å². The quantitative estimate of drug-likeness (QED) is 0.848. The molecule has 0 aromatic carbocycles. The van der Waals surface area contributed by atoms with Crippen molar-refractivity contribution in [2.75, 3.05) is 50.5 Å². The Morgan fingerprint density at radius 2 is 1.65 bits per heavy atom. The molecule has 0 bridgehead atoms. The molecule has 1 aliphatic heterocycles. The normalized spacial score (nSPS) is 14.8. The summed E-state index contributed by atoms with van der Waals surface area (Å²) in [4.78, 5) is 18.9. The van der Waals surface area contributed by atoms with Crippen LogP contribution in [0.5, 0.6) is 0 Å². The molecular weight excluding hydrogens is 288 g/mol. The topological polar surface area (TPSA) is 48.5 Å². The Morgan fingerprint density at radius 1 is 1.13 bits per heavy atom. The van der Waals surface area contributed by atoms with Gasteiger partial charge in [-0.25, -0.2) is 4.98 Å². The molecule has 23 heavy (non-hydrogen) atoms. The highest BCUT2D eigenvalue weighted by molar-refractivity contribution is 5.56. The summed E-state index contributed by atoms with van der Waals surface area (Å²) in [5.74, 6) is 1.09. The lowest BCUT2D eigenvalue weighted by Crippen LogP contribution is -2.44. The monoisotopic (exact) mass is 322 g/mol. The molecule has 1 saturated heterocycles. The molecule has 1 N–H and O–H groups in total. The van der Waals surface area contributed by atoms with Crippen molar-refractivity contribution in [3.63, 3.8) is 0 Å². The van der Waals surface area contributed by atoms with Crippen LogP contribution in [-0.2, 0) is 4.79 Å². The van der Waals surface area contributed by atoms with Gasteiger partial charge in [0.15, 0.2) is 0 Å². The maximum Gasteiger partial charge on any atom is 0.128 e. The fraction of sp³-hybridized carbons (Fsp3) is 0.667. The van der Waals surface area contributed by atoms with Gasteiger partial charge in [-0.15, -0.1) is 0 Å². The summed E-state index contributed by atoms with van der Waals surface area (Å²) >= 11 is 0. The third-order valence-electron chi connectivity index (χ3n) is 3.22. The standard InChI is InChI=1S/C11H18N4.C5H10O.C2H6/c1-12-10-3-4-11(13-9-10)15-7-5-14(2)6-8-15;1-5(2,3)4-6;1-2/h3-4,9,12H,5-8H2,1-2H3;4H,1-3H3;1-2H3. The van der Waals surface area contributed by atoms with E-state index in [1.54, 1.807) is 0 Å². The van der Waals surface area contributed by atoms with Crippen molar-refractivity contribution in [1.82, 2.24) is 9.88 Å². The molecule has 5 nitrogen and oxygen atoms in total. The van der Waals surface area contributed by atoms with Crippen molar-refractivity contribution in [2.45, 2.75) is 34.6 Å². The number of aromatic nitrogens is 1. The summed E-state index contributed by atoms with van der Waals surface area (Å²) in [5, 5.41) is 3.07. The van der Waals surface area contributed by atoms with E-state index < -0.39 is 0 Å². The molecule has 5 heteroatoms. The highest BCUT2D eigenvalue weighted by Crippen LogP contribution is 2.15. The minimum absolute atomic E-state index is 0.139. The van der Waals surface area contributed by atoms with Crippen molar-refractivity contribution >= 4 is 17.8 Å². The number of nitrogens with zero attached hydrogens (tertiary/aromatic N) is 3. The molecule has 0 aliphatic carbocycles. The zero-order valence-corrected chi connectivity index (χ0v) is 15.9. The van der Waals surface area contributed by atoms with E-state index in [-0.39, 0.29) is 5.41 Å². The van der Waals surface area contributed by atoms with E-state index in [1.165, 1.54) is 0 Å². The second-order valence-electron chi connectivity index (χ2n) is 6.43. The number of pyridine rings is 1. The molecule has 2 rings (SSSR count). The first-order valence-electron chi connectivity index (χ1n) is 8.39. The Hall–Kier alpha value is -1.62. The summed E-state index contributed by atoms with van der Waals surface area (Å²) in [6.45, 7) is 14.0. The van der Waals surface area contributed by atoms with E-state index in [0.717, 1.165) is 44.0 Å². The van der Waals surface area contributed by atoms with Crippen LogP contribution in [0.4, 0.5) is 11.5 Å². The lowest BCUT2D eigenvalue weighted by atomic mass is 10.0. The van der Waals surface area contributed by atoms with Gasteiger partial charge >= 0.3 is 0 Å². The third kappa shape index (κ3) is 9.18. The number of likely N-dealkylation sites (N-methyl/N-ethyl adjacent to an activating group) is 1. The average molecular weight is 322 g/mol. The predicted octanol–water partition coefficient (Wildman–Crippen LogP) is 3.13. The smallest absolute Gasteiger partial charge is 0.128 e. The predicted molar refractivity (Wildman–Crippen MR) is 100 cm³/mol. The van der Waals surface area contributed by atoms with E-state index in [2.05, 4.69) is 39.3 Å². The molecule has 1 fully saturated rings. The van der Waals surface area contributed by atoms with Crippen LogP contribution in [0.1, 0.15) is 34.6 Å². The van der Waals surface area contributed by atoms with Crippen LogP contribution >= 0.6 is 0 Å². The Bertz CT molecular complexity index is 418. The highest BCUT2D eigenvalue weighted by Gasteiger charge is 2.14. The lowest BCUT2D eigenvalue weighted by molar-refractivity contribution is -0.113. The van der Waals surface area contributed by atoms with Crippen LogP contribution < -0.4 is 10.2 Å². The van der Waals surface area contributed by atoms with Gasteiger partial charge < -0.3 is 19.9 Å². The Labute approximate surface area is 142 Å². The highest BCUT2D eigenvalue weighted by atomic mass is 16.1. The van der Waals surface area contributed by atoms with Gasteiger partial charge in [-0.05, 0) is 19.2 Å². The van der Waals surface area contributed by atoms with Crippen LogP contribution in [0.25, 0.3) is 0 Å². The maximum absolute atomic E-state index is 9.83. The number of carbonyl (C=O) groups excluding carboxylic acids is 1. The zero-order valence-electron chi connectivity index (χ0n) is 15.9. The van der Waals surface area contributed by atoms with Gasteiger partial charge in [0.2, 0.25) is 0 Å². The summed E-state index contributed by atoms with van der Waals surface area (Å²) in [6, 6.07) is 4.15. The molecule has 0 unspecified atom stereocenters.